The highest BCUT2D eigenvalue weighted by atomic mass is 32.1. The average molecular weight is 264 g/mol. The number of thiazole rings is 1. The van der Waals surface area contributed by atoms with Crippen LogP contribution in [0.5, 0.6) is 0 Å². The number of aryl methyl sites for hydroxylation is 1. The predicted molar refractivity (Wildman–Crippen MR) is 74.2 cm³/mol. The molecule has 1 heterocycles. The van der Waals surface area contributed by atoms with Gasteiger partial charge in [-0.2, -0.15) is 0 Å². The van der Waals surface area contributed by atoms with E-state index in [4.69, 9.17) is 0 Å². The van der Waals surface area contributed by atoms with E-state index in [-0.39, 0.29) is 5.82 Å². The Kier molecular flexibility index (Phi) is 4.09. The van der Waals surface area contributed by atoms with E-state index < -0.39 is 0 Å². The summed E-state index contributed by atoms with van der Waals surface area (Å²) in [5.74, 6) is -0.187. The number of hydrogen-bond acceptors (Lipinski definition) is 3. The molecule has 18 heavy (non-hydrogen) atoms. The third-order valence-electron chi connectivity index (χ3n) is 2.62. The number of nitrogens with zero attached hydrogens (tertiary/aromatic N) is 1. The molecule has 0 unspecified atom stereocenters. The largest absolute Gasteiger partial charge is 0.308 e. The van der Waals surface area contributed by atoms with Gasteiger partial charge in [-0.25, -0.2) is 9.37 Å². The van der Waals surface area contributed by atoms with Gasteiger partial charge in [0.25, 0.3) is 0 Å². The number of hydrogen-bond donors (Lipinski definition) is 1. The summed E-state index contributed by atoms with van der Waals surface area (Å²) in [4.78, 5) is 5.41. The summed E-state index contributed by atoms with van der Waals surface area (Å²) in [6.07, 6.45) is 0. The molecule has 0 aliphatic carbocycles. The zero-order valence-corrected chi connectivity index (χ0v) is 11.6. The molecule has 0 saturated heterocycles. The van der Waals surface area contributed by atoms with Gasteiger partial charge in [-0.05, 0) is 13.0 Å². The molecular weight excluding hydrogens is 247 g/mol. The second kappa shape index (κ2) is 5.59. The fraction of sp³-hybridized carbons (Fsp3) is 0.357. The fourth-order valence-corrected chi connectivity index (χ4v) is 2.76. The van der Waals surface area contributed by atoms with Crippen LogP contribution in [0.15, 0.2) is 24.3 Å². The highest BCUT2D eigenvalue weighted by Gasteiger charge is 2.12. The molecule has 0 amide bonds. The second-order valence-corrected chi connectivity index (χ2v) is 5.62. The molecule has 0 atom stereocenters. The van der Waals surface area contributed by atoms with Crippen LogP contribution in [0.25, 0.3) is 10.4 Å². The Bertz CT molecular complexity index is 534. The zero-order valence-electron chi connectivity index (χ0n) is 10.8. The maximum absolute atomic E-state index is 13.7. The first-order chi connectivity index (χ1) is 8.58. The van der Waals surface area contributed by atoms with Gasteiger partial charge in [0.1, 0.15) is 10.8 Å². The maximum atomic E-state index is 13.7. The Morgan fingerprint density at radius 1 is 1.33 bits per heavy atom. The molecule has 1 aromatic carbocycles. The molecular formula is C14H17FN2S. The van der Waals surface area contributed by atoms with Crippen molar-refractivity contribution in [3.05, 3.63) is 40.8 Å². The molecule has 2 aromatic rings. The third kappa shape index (κ3) is 2.94. The lowest BCUT2D eigenvalue weighted by Crippen LogP contribution is -2.21. The van der Waals surface area contributed by atoms with Crippen molar-refractivity contribution in [1.29, 1.82) is 0 Å². The van der Waals surface area contributed by atoms with Crippen LogP contribution in [0.2, 0.25) is 0 Å². The van der Waals surface area contributed by atoms with Gasteiger partial charge < -0.3 is 5.32 Å². The molecule has 2 rings (SSSR count). The molecule has 96 valence electrons. The van der Waals surface area contributed by atoms with Gasteiger partial charge in [0.05, 0.1) is 10.6 Å². The molecule has 0 aliphatic heterocycles. The van der Waals surface area contributed by atoms with Crippen LogP contribution in [0.1, 0.15) is 24.5 Å². The van der Waals surface area contributed by atoms with Crippen LogP contribution in [0.3, 0.4) is 0 Å². The Balaban J connectivity index is 2.27. The van der Waals surface area contributed by atoms with Crippen LogP contribution in [-0.2, 0) is 6.54 Å². The topological polar surface area (TPSA) is 24.9 Å². The molecule has 1 N–H and O–H groups in total. The third-order valence-corrected chi connectivity index (χ3v) is 3.81. The summed E-state index contributed by atoms with van der Waals surface area (Å²) in [5.41, 5.74) is 1.54. The smallest absolute Gasteiger partial charge is 0.131 e. The minimum Gasteiger partial charge on any atom is -0.308 e. The lowest BCUT2D eigenvalue weighted by atomic mass is 10.1. The van der Waals surface area contributed by atoms with Gasteiger partial charge >= 0.3 is 0 Å². The van der Waals surface area contributed by atoms with Gasteiger partial charge in [-0.1, -0.05) is 32.0 Å². The lowest BCUT2D eigenvalue weighted by Gasteiger charge is -2.04. The van der Waals surface area contributed by atoms with Crippen LogP contribution < -0.4 is 5.32 Å². The fourth-order valence-electron chi connectivity index (χ4n) is 1.71. The van der Waals surface area contributed by atoms with Crippen molar-refractivity contribution >= 4 is 11.3 Å². The average Bonchev–Trinajstić information content (AvgIpc) is 2.69. The standard InChI is InChI=1S/C14H17FN2S/c1-9(2)16-8-13-17-10(3)14(18-13)11-6-4-5-7-12(11)15/h4-7,9,16H,8H2,1-3H3. The number of halogens is 1. The second-order valence-electron chi connectivity index (χ2n) is 4.54. The number of benzene rings is 1. The van der Waals surface area contributed by atoms with Crippen molar-refractivity contribution in [3.8, 4) is 10.4 Å². The molecule has 0 fully saturated rings. The van der Waals surface area contributed by atoms with E-state index in [1.54, 1.807) is 23.5 Å². The summed E-state index contributed by atoms with van der Waals surface area (Å²) in [6.45, 7) is 6.85. The summed E-state index contributed by atoms with van der Waals surface area (Å²) in [7, 11) is 0. The molecule has 4 heteroatoms. The maximum Gasteiger partial charge on any atom is 0.131 e. The Labute approximate surface area is 111 Å². The van der Waals surface area contributed by atoms with E-state index in [0.29, 0.717) is 11.6 Å². The van der Waals surface area contributed by atoms with E-state index in [1.807, 2.05) is 13.0 Å². The normalized spacial score (nSPS) is 11.2. The highest BCUT2D eigenvalue weighted by molar-refractivity contribution is 7.15. The van der Waals surface area contributed by atoms with Gasteiger partial charge in [-0.15, -0.1) is 11.3 Å². The number of nitrogens with one attached hydrogen (secondary N) is 1. The van der Waals surface area contributed by atoms with Crippen LogP contribution >= 0.6 is 11.3 Å². The first-order valence-corrected chi connectivity index (χ1v) is 6.84. The van der Waals surface area contributed by atoms with Crippen molar-refractivity contribution in [1.82, 2.24) is 10.3 Å². The monoisotopic (exact) mass is 264 g/mol. The molecule has 0 spiro atoms. The molecule has 0 bridgehead atoms. The summed E-state index contributed by atoms with van der Waals surface area (Å²) in [5, 5.41) is 4.32. The van der Waals surface area contributed by atoms with Gasteiger partial charge in [0.2, 0.25) is 0 Å². The highest BCUT2D eigenvalue weighted by Crippen LogP contribution is 2.31. The van der Waals surface area contributed by atoms with Crippen molar-refractivity contribution in [3.63, 3.8) is 0 Å². The minimum atomic E-state index is -0.187. The Morgan fingerprint density at radius 2 is 2.06 bits per heavy atom. The van der Waals surface area contributed by atoms with Gasteiger partial charge in [-0.3, -0.25) is 0 Å². The van der Waals surface area contributed by atoms with Gasteiger partial charge in [0.15, 0.2) is 0 Å². The zero-order chi connectivity index (χ0) is 13.1. The van der Waals surface area contributed by atoms with Crippen LogP contribution in [0, 0.1) is 12.7 Å². The Morgan fingerprint density at radius 3 is 2.72 bits per heavy atom. The summed E-state index contributed by atoms with van der Waals surface area (Å²) < 4.78 is 13.7. The molecule has 0 aliphatic rings. The van der Waals surface area contributed by atoms with Crippen molar-refractivity contribution in [2.75, 3.05) is 0 Å². The molecule has 1 aromatic heterocycles. The number of aromatic nitrogens is 1. The van der Waals surface area contributed by atoms with Gasteiger partial charge in [0, 0.05) is 18.2 Å². The van der Waals surface area contributed by atoms with Crippen molar-refractivity contribution < 1.29 is 4.39 Å². The predicted octanol–water partition coefficient (Wildman–Crippen LogP) is 3.76. The van der Waals surface area contributed by atoms with Crippen molar-refractivity contribution in [2.45, 2.75) is 33.4 Å². The number of rotatable bonds is 4. The lowest BCUT2D eigenvalue weighted by molar-refractivity contribution is 0.587. The first kappa shape index (κ1) is 13.2. The Hall–Kier alpha value is -1.26. The molecule has 0 saturated carbocycles. The van der Waals surface area contributed by atoms with E-state index in [2.05, 4.69) is 24.1 Å². The molecule has 0 radical (unpaired) electrons. The van der Waals surface area contributed by atoms with Crippen LogP contribution in [-0.4, -0.2) is 11.0 Å². The quantitative estimate of drug-likeness (QED) is 0.909. The minimum absolute atomic E-state index is 0.187. The summed E-state index contributed by atoms with van der Waals surface area (Å²) in [6, 6.07) is 7.27. The van der Waals surface area contributed by atoms with Crippen molar-refractivity contribution in [2.24, 2.45) is 0 Å². The van der Waals surface area contributed by atoms with E-state index in [9.17, 15) is 4.39 Å². The van der Waals surface area contributed by atoms with E-state index in [0.717, 1.165) is 22.1 Å². The first-order valence-electron chi connectivity index (χ1n) is 6.02. The molecule has 2 nitrogen and oxygen atoms in total. The summed E-state index contributed by atoms with van der Waals surface area (Å²) >= 11 is 1.56. The SMILES string of the molecule is Cc1nc(CNC(C)C)sc1-c1ccccc1F. The van der Waals surface area contributed by atoms with E-state index in [1.165, 1.54) is 6.07 Å². The van der Waals surface area contributed by atoms with Crippen LogP contribution in [0.4, 0.5) is 4.39 Å². The van der Waals surface area contributed by atoms with E-state index >= 15 is 0 Å².